The molecule has 0 unspecified atom stereocenters. The summed E-state index contributed by atoms with van der Waals surface area (Å²) in [5, 5.41) is 2.70. The number of nitrogens with zero attached hydrogens (tertiary/aromatic N) is 3. The Kier molecular flexibility index (Phi) is 5.97. The van der Waals surface area contributed by atoms with Crippen LogP contribution in [-0.2, 0) is 13.1 Å². The van der Waals surface area contributed by atoms with Gasteiger partial charge in [-0.25, -0.2) is 4.98 Å². The third-order valence-corrected chi connectivity index (χ3v) is 6.13. The molecule has 2 heterocycles. The summed E-state index contributed by atoms with van der Waals surface area (Å²) >= 11 is 1.53. The van der Waals surface area contributed by atoms with E-state index in [0.29, 0.717) is 17.8 Å². The Morgan fingerprint density at radius 3 is 2.40 bits per heavy atom. The van der Waals surface area contributed by atoms with E-state index in [4.69, 9.17) is 4.98 Å². The molecule has 0 saturated heterocycles. The molecule has 30 heavy (non-hydrogen) atoms. The zero-order valence-electron chi connectivity index (χ0n) is 17.6. The third-order valence-electron chi connectivity index (χ3n) is 5.26. The van der Waals surface area contributed by atoms with Gasteiger partial charge in [0.15, 0.2) is 0 Å². The van der Waals surface area contributed by atoms with Crippen molar-refractivity contribution in [1.82, 2.24) is 14.9 Å². The molecular formula is C24H26N4OS. The zero-order chi connectivity index (χ0) is 21.1. The number of rotatable bonds is 7. The number of aromatic amines is 1. The number of aromatic nitrogens is 2. The lowest BCUT2D eigenvalue weighted by Gasteiger charge is -2.20. The van der Waals surface area contributed by atoms with Crippen LogP contribution >= 0.6 is 11.3 Å². The van der Waals surface area contributed by atoms with Crippen molar-refractivity contribution in [3.8, 4) is 11.1 Å². The minimum absolute atomic E-state index is 0.0681. The van der Waals surface area contributed by atoms with Gasteiger partial charge in [-0.05, 0) is 29.8 Å². The van der Waals surface area contributed by atoms with E-state index in [-0.39, 0.29) is 5.56 Å². The summed E-state index contributed by atoms with van der Waals surface area (Å²) in [6.07, 6.45) is 0. The van der Waals surface area contributed by atoms with Gasteiger partial charge in [-0.2, -0.15) is 0 Å². The van der Waals surface area contributed by atoms with Gasteiger partial charge < -0.3 is 9.88 Å². The summed E-state index contributed by atoms with van der Waals surface area (Å²) in [4.78, 5) is 25.8. The molecule has 0 bridgehead atoms. The highest BCUT2D eigenvalue weighted by atomic mass is 32.1. The van der Waals surface area contributed by atoms with Crippen molar-refractivity contribution >= 4 is 27.2 Å². The van der Waals surface area contributed by atoms with Crippen molar-refractivity contribution < 1.29 is 0 Å². The van der Waals surface area contributed by atoms with E-state index in [9.17, 15) is 4.79 Å². The summed E-state index contributed by atoms with van der Waals surface area (Å²) in [6, 6.07) is 18.6. The van der Waals surface area contributed by atoms with E-state index < -0.39 is 0 Å². The Hall–Kier alpha value is -2.96. The predicted molar refractivity (Wildman–Crippen MR) is 126 cm³/mol. The van der Waals surface area contributed by atoms with Gasteiger partial charge in [0.2, 0.25) is 0 Å². The first-order valence-corrected chi connectivity index (χ1v) is 11.0. The van der Waals surface area contributed by atoms with Crippen molar-refractivity contribution in [2.75, 3.05) is 25.5 Å². The maximum absolute atomic E-state index is 12.9. The lowest BCUT2D eigenvalue weighted by atomic mass is 10.1. The van der Waals surface area contributed by atoms with E-state index in [2.05, 4.69) is 46.0 Å². The summed E-state index contributed by atoms with van der Waals surface area (Å²) in [7, 11) is 4.08. The van der Waals surface area contributed by atoms with Gasteiger partial charge in [0.25, 0.3) is 5.56 Å². The van der Waals surface area contributed by atoms with Crippen LogP contribution < -0.4 is 10.5 Å². The number of H-pyrrole nitrogens is 1. The maximum atomic E-state index is 12.9. The second kappa shape index (κ2) is 8.81. The fraction of sp³-hybridized carbons (Fsp3) is 0.250. The zero-order valence-corrected chi connectivity index (χ0v) is 18.4. The van der Waals surface area contributed by atoms with Crippen molar-refractivity contribution in [2.24, 2.45) is 0 Å². The molecular weight excluding hydrogens is 392 g/mol. The lowest BCUT2D eigenvalue weighted by Crippen LogP contribution is -2.25. The molecule has 1 N–H and O–H groups in total. The maximum Gasteiger partial charge on any atom is 0.260 e. The van der Waals surface area contributed by atoms with Crippen LogP contribution in [0.15, 0.2) is 64.8 Å². The molecule has 0 atom stereocenters. The molecule has 0 saturated carbocycles. The Morgan fingerprint density at radius 1 is 1.00 bits per heavy atom. The normalized spacial score (nSPS) is 11.3. The second-order valence-electron chi connectivity index (χ2n) is 7.57. The molecule has 0 aliphatic rings. The molecule has 154 valence electrons. The van der Waals surface area contributed by atoms with Gasteiger partial charge in [-0.1, -0.05) is 49.4 Å². The monoisotopic (exact) mass is 418 g/mol. The van der Waals surface area contributed by atoms with E-state index in [1.165, 1.54) is 22.6 Å². The third kappa shape index (κ3) is 4.30. The second-order valence-corrected chi connectivity index (χ2v) is 8.43. The fourth-order valence-corrected chi connectivity index (χ4v) is 4.51. The molecule has 0 aliphatic heterocycles. The SMILES string of the molecule is CCN(Cc1ccc(N(C)C)cc1)Cc1nc2scc(-c3ccccc3)c2c(=O)[nH]1. The van der Waals surface area contributed by atoms with Gasteiger partial charge in [0.1, 0.15) is 10.7 Å². The van der Waals surface area contributed by atoms with E-state index in [1.807, 2.05) is 49.8 Å². The van der Waals surface area contributed by atoms with Gasteiger partial charge >= 0.3 is 0 Å². The smallest absolute Gasteiger partial charge is 0.260 e. The first kappa shape index (κ1) is 20.3. The quantitative estimate of drug-likeness (QED) is 0.471. The average Bonchev–Trinajstić information content (AvgIpc) is 3.19. The van der Waals surface area contributed by atoms with Gasteiger partial charge in [-0.15, -0.1) is 11.3 Å². The van der Waals surface area contributed by atoms with Crippen LogP contribution in [0.2, 0.25) is 0 Å². The molecule has 4 rings (SSSR count). The number of nitrogens with one attached hydrogen (secondary N) is 1. The molecule has 0 radical (unpaired) electrons. The fourth-order valence-electron chi connectivity index (χ4n) is 3.55. The largest absolute Gasteiger partial charge is 0.378 e. The molecule has 2 aromatic heterocycles. The van der Waals surface area contributed by atoms with Gasteiger partial charge in [-0.3, -0.25) is 9.69 Å². The van der Waals surface area contributed by atoms with E-state index in [0.717, 1.165) is 29.0 Å². The minimum atomic E-state index is -0.0681. The van der Waals surface area contributed by atoms with Crippen molar-refractivity contribution in [3.63, 3.8) is 0 Å². The summed E-state index contributed by atoms with van der Waals surface area (Å²) in [6.45, 7) is 4.42. The lowest BCUT2D eigenvalue weighted by molar-refractivity contribution is 0.264. The number of anilines is 1. The minimum Gasteiger partial charge on any atom is -0.378 e. The first-order valence-electron chi connectivity index (χ1n) is 10.1. The molecule has 2 aromatic carbocycles. The number of thiophene rings is 1. The van der Waals surface area contributed by atoms with Crippen LogP contribution in [0.4, 0.5) is 5.69 Å². The highest BCUT2D eigenvalue weighted by Gasteiger charge is 2.14. The summed E-state index contributed by atoms with van der Waals surface area (Å²) < 4.78 is 0. The molecule has 0 fully saturated rings. The predicted octanol–water partition coefficient (Wildman–Crippen LogP) is 4.74. The highest BCUT2D eigenvalue weighted by molar-refractivity contribution is 7.17. The van der Waals surface area contributed by atoms with Crippen molar-refractivity contribution in [3.05, 3.63) is 81.7 Å². The molecule has 0 spiro atoms. The van der Waals surface area contributed by atoms with Crippen LogP contribution in [0.1, 0.15) is 18.3 Å². The van der Waals surface area contributed by atoms with Crippen LogP contribution in [0, 0.1) is 0 Å². The summed E-state index contributed by atoms with van der Waals surface area (Å²) in [5.41, 5.74) is 4.35. The molecule has 6 heteroatoms. The van der Waals surface area contributed by atoms with Crippen molar-refractivity contribution in [2.45, 2.75) is 20.0 Å². The Balaban J connectivity index is 1.56. The molecule has 4 aromatic rings. The van der Waals surface area contributed by atoms with E-state index in [1.54, 1.807) is 0 Å². The van der Waals surface area contributed by atoms with E-state index >= 15 is 0 Å². The van der Waals surface area contributed by atoms with Crippen LogP contribution in [0.3, 0.4) is 0 Å². The first-order chi connectivity index (χ1) is 14.5. The molecule has 0 aliphatic carbocycles. The Morgan fingerprint density at radius 2 is 1.73 bits per heavy atom. The standard InChI is InChI=1S/C24H26N4OS/c1-4-28(14-17-10-12-19(13-11-17)27(2)3)15-21-25-23(29)22-20(16-30-24(22)26-21)18-8-6-5-7-9-18/h5-13,16H,4,14-15H2,1-3H3,(H,25,26,29). The highest BCUT2D eigenvalue weighted by Crippen LogP contribution is 2.30. The average molecular weight is 419 g/mol. The van der Waals surface area contributed by atoms with Crippen LogP contribution in [0.5, 0.6) is 0 Å². The van der Waals surface area contributed by atoms with Crippen LogP contribution in [0.25, 0.3) is 21.3 Å². The number of hydrogen-bond acceptors (Lipinski definition) is 5. The van der Waals surface area contributed by atoms with Crippen LogP contribution in [-0.4, -0.2) is 35.5 Å². The summed E-state index contributed by atoms with van der Waals surface area (Å²) in [5.74, 6) is 0.709. The molecule has 0 amide bonds. The van der Waals surface area contributed by atoms with Gasteiger partial charge in [0.05, 0.1) is 11.9 Å². The Labute approximate surface area is 180 Å². The molecule has 5 nitrogen and oxygen atoms in total. The number of fused-ring (bicyclic) bond motifs is 1. The van der Waals surface area contributed by atoms with Crippen molar-refractivity contribution in [1.29, 1.82) is 0 Å². The number of benzene rings is 2. The number of hydrogen-bond donors (Lipinski definition) is 1. The van der Waals surface area contributed by atoms with Gasteiger partial charge in [0, 0.05) is 37.3 Å². The topological polar surface area (TPSA) is 52.2 Å². The Bertz CT molecular complexity index is 1180.